The largest absolute Gasteiger partial charge is 0.372 e. The Balaban J connectivity index is 1.59. The number of para-hydroxylation sites is 2. The number of hydrogen-bond acceptors (Lipinski definition) is 2. The van der Waals surface area contributed by atoms with Crippen LogP contribution in [-0.4, -0.2) is 22.5 Å². The van der Waals surface area contributed by atoms with Gasteiger partial charge in [-0.2, -0.15) is 0 Å². The number of amides is 1. The first kappa shape index (κ1) is 16.8. The van der Waals surface area contributed by atoms with Crippen LogP contribution in [0.2, 0.25) is 0 Å². The molecule has 0 unspecified atom stereocenters. The molecule has 1 aliphatic heterocycles. The molecule has 28 heavy (non-hydrogen) atoms. The van der Waals surface area contributed by atoms with E-state index in [2.05, 4.69) is 17.1 Å². The molecule has 2 N–H and O–H groups in total. The molecule has 1 amide bonds. The quantitative estimate of drug-likeness (QED) is 0.572. The highest BCUT2D eigenvalue weighted by Gasteiger charge is 2.51. The minimum atomic E-state index is -1.69. The molecule has 0 fully saturated rings. The Morgan fingerprint density at radius 1 is 0.857 bits per heavy atom. The first-order valence-electron chi connectivity index (χ1n) is 9.44. The minimum absolute atomic E-state index is 0.297. The van der Waals surface area contributed by atoms with Gasteiger partial charge < -0.3 is 15.0 Å². The maximum absolute atomic E-state index is 13.5. The number of carbonyl (C=O) groups excluding carboxylic acids is 1. The van der Waals surface area contributed by atoms with Gasteiger partial charge in [-0.1, -0.05) is 66.7 Å². The lowest BCUT2D eigenvalue weighted by Gasteiger charge is -2.23. The van der Waals surface area contributed by atoms with Crippen molar-refractivity contribution in [1.29, 1.82) is 0 Å². The van der Waals surface area contributed by atoms with E-state index in [4.69, 9.17) is 0 Å². The van der Waals surface area contributed by atoms with Gasteiger partial charge in [0.2, 0.25) is 0 Å². The monoisotopic (exact) mass is 368 g/mol. The second kappa shape index (κ2) is 6.36. The van der Waals surface area contributed by atoms with Crippen LogP contribution in [0.5, 0.6) is 0 Å². The summed E-state index contributed by atoms with van der Waals surface area (Å²) in [5.41, 5.74) is 2.39. The van der Waals surface area contributed by atoms with Gasteiger partial charge in [0, 0.05) is 34.8 Å². The van der Waals surface area contributed by atoms with Crippen LogP contribution in [0.1, 0.15) is 16.7 Å². The summed E-state index contributed by atoms with van der Waals surface area (Å²) in [6.07, 6.45) is 2.48. The van der Waals surface area contributed by atoms with Crippen molar-refractivity contribution in [3.8, 4) is 0 Å². The van der Waals surface area contributed by atoms with Crippen molar-refractivity contribution >= 4 is 22.5 Å². The number of carbonyl (C=O) groups is 1. The number of nitrogens with one attached hydrogen (secondary N) is 1. The highest BCUT2D eigenvalue weighted by Crippen LogP contribution is 2.46. The van der Waals surface area contributed by atoms with Crippen LogP contribution in [-0.2, 0) is 16.8 Å². The van der Waals surface area contributed by atoms with E-state index < -0.39 is 5.60 Å². The summed E-state index contributed by atoms with van der Waals surface area (Å²) < 4.78 is 0. The number of aromatic nitrogens is 1. The molecule has 4 nitrogen and oxygen atoms in total. The average molecular weight is 368 g/mol. The van der Waals surface area contributed by atoms with Crippen molar-refractivity contribution in [3.63, 3.8) is 0 Å². The molecular weight excluding hydrogens is 348 g/mol. The second-order valence-electron chi connectivity index (χ2n) is 7.17. The lowest BCUT2D eigenvalue weighted by atomic mass is 9.87. The fourth-order valence-corrected chi connectivity index (χ4v) is 4.17. The van der Waals surface area contributed by atoms with Crippen LogP contribution in [0.25, 0.3) is 10.9 Å². The standard InChI is InChI=1S/C24H20N2O2/c27-23-24(28,20-16-25-21-12-6-4-10-18(20)21)19-11-5-7-13-22(19)26(23)15-14-17-8-2-1-3-9-17/h1-13,16,25,28H,14-15H2/t24-/m1/s1. The zero-order valence-corrected chi connectivity index (χ0v) is 15.3. The second-order valence-corrected chi connectivity index (χ2v) is 7.17. The van der Waals surface area contributed by atoms with Crippen LogP contribution < -0.4 is 4.90 Å². The predicted molar refractivity (Wildman–Crippen MR) is 110 cm³/mol. The molecular formula is C24H20N2O2. The van der Waals surface area contributed by atoms with Crippen molar-refractivity contribution in [3.05, 3.63) is 102 Å². The molecule has 0 saturated heterocycles. The summed E-state index contributed by atoms with van der Waals surface area (Å²) >= 11 is 0. The fourth-order valence-electron chi connectivity index (χ4n) is 4.17. The molecule has 0 radical (unpaired) electrons. The van der Waals surface area contributed by atoms with Crippen molar-refractivity contribution in [2.24, 2.45) is 0 Å². The summed E-state index contributed by atoms with van der Waals surface area (Å²) in [6.45, 7) is 0.518. The van der Waals surface area contributed by atoms with E-state index in [1.165, 1.54) is 0 Å². The number of nitrogens with zero attached hydrogens (tertiary/aromatic N) is 1. The molecule has 5 rings (SSSR count). The number of hydrogen-bond donors (Lipinski definition) is 2. The Morgan fingerprint density at radius 3 is 2.43 bits per heavy atom. The number of anilines is 1. The molecule has 1 aromatic heterocycles. The Kier molecular flexibility index (Phi) is 3.81. The molecule has 1 aliphatic rings. The third-order valence-corrected chi connectivity index (χ3v) is 5.59. The first-order chi connectivity index (χ1) is 13.7. The van der Waals surface area contributed by atoms with Gasteiger partial charge in [-0.15, -0.1) is 0 Å². The van der Waals surface area contributed by atoms with Crippen molar-refractivity contribution < 1.29 is 9.90 Å². The predicted octanol–water partition coefficient (Wildman–Crippen LogP) is 3.99. The maximum atomic E-state index is 13.5. The van der Waals surface area contributed by atoms with Crippen molar-refractivity contribution in [2.75, 3.05) is 11.4 Å². The molecule has 0 saturated carbocycles. The van der Waals surface area contributed by atoms with Crippen LogP contribution in [0, 0.1) is 0 Å². The van der Waals surface area contributed by atoms with Crippen molar-refractivity contribution in [1.82, 2.24) is 4.98 Å². The van der Waals surface area contributed by atoms with E-state index in [9.17, 15) is 9.90 Å². The number of rotatable bonds is 4. The zero-order chi connectivity index (χ0) is 19.1. The third kappa shape index (κ3) is 2.38. The van der Waals surface area contributed by atoms with Crippen LogP contribution in [0.4, 0.5) is 5.69 Å². The van der Waals surface area contributed by atoms with E-state index in [1.54, 1.807) is 11.1 Å². The van der Waals surface area contributed by atoms with Gasteiger partial charge in [-0.05, 0) is 24.1 Å². The molecule has 4 heteroatoms. The Labute approximate surface area is 163 Å². The molecule has 0 aliphatic carbocycles. The van der Waals surface area contributed by atoms with E-state index in [-0.39, 0.29) is 5.91 Å². The lowest BCUT2D eigenvalue weighted by molar-refractivity contribution is -0.132. The van der Waals surface area contributed by atoms with E-state index in [1.807, 2.05) is 66.7 Å². The molecule has 0 spiro atoms. The van der Waals surface area contributed by atoms with E-state index in [0.717, 1.165) is 28.6 Å². The number of benzene rings is 3. The minimum Gasteiger partial charge on any atom is -0.372 e. The molecule has 0 bridgehead atoms. The number of aromatic amines is 1. The molecule has 138 valence electrons. The third-order valence-electron chi connectivity index (χ3n) is 5.59. The maximum Gasteiger partial charge on any atom is 0.268 e. The lowest BCUT2D eigenvalue weighted by Crippen LogP contribution is -2.41. The number of fused-ring (bicyclic) bond motifs is 2. The fraction of sp³-hybridized carbons (Fsp3) is 0.125. The van der Waals surface area contributed by atoms with Gasteiger partial charge in [-0.25, -0.2) is 0 Å². The van der Waals surface area contributed by atoms with Gasteiger partial charge in [0.05, 0.1) is 5.69 Å². The summed E-state index contributed by atoms with van der Waals surface area (Å²) in [6, 6.07) is 25.3. The van der Waals surface area contributed by atoms with Gasteiger partial charge in [0.15, 0.2) is 5.60 Å². The van der Waals surface area contributed by atoms with E-state index in [0.29, 0.717) is 17.7 Å². The van der Waals surface area contributed by atoms with Crippen molar-refractivity contribution in [2.45, 2.75) is 12.0 Å². The molecule has 2 heterocycles. The van der Waals surface area contributed by atoms with Gasteiger partial charge in [0.1, 0.15) is 0 Å². The molecule has 4 aromatic rings. The van der Waals surface area contributed by atoms with Gasteiger partial charge in [-0.3, -0.25) is 4.79 Å². The smallest absolute Gasteiger partial charge is 0.268 e. The zero-order valence-electron chi connectivity index (χ0n) is 15.3. The highest BCUT2D eigenvalue weighted by atomic mass is 16.3. The average Bonchev–Trinajstić information content (AvgIpc) is 3.27. The summed E-state index contributed by atoms with van der Waals surface area (Å²) in [4.78, 5) is 18.4. The SMILES string of the molecule is O=C1N(CCc2ccccc2)c2ccccc2[C@@]1(O)c1c[nH]c2ccccc12. The molecule has 3 aromatic carbocycles. The first-order valence-corrected chi connectivity index (χ1v) is 9.44. The van der Waals surface area contributed by atoms with Crippen LogP contribution in [0.3, 0.4) is 0 Å². The van der Waals surface area contributed by atoms with E-state index >= 15 is 0 Å². The normalized spacial score (nSPS) is 18.6. The van der Waals surface area contributed by atoms with Crippen LogP contribution in [0.15, 0.2) is 85.1 Å². The number of aliphatic hydroxyl groups is 1. The topological polar surface area (TPSA) is 56.3 Å². The highest BCUT2D eigenvalue weighted by molar-refractivity contribution is 6.11. The summed E-state index contributed by atoms with van der Waals surface area (Å²) in [5, 5.41) is 12.6. The van der Waals surface area contributed by atoms with Crippen LogP contribution >= 0.6 is 0 Å². The Bertz CT molecular complexity index is 1170. The summed E-state index contributed by atoms with van der Waals surface area (Å²) in [5.74, 6) is -0.297. The number of H-pyrrole nitrogens is 1. The Morgan fingerprint density at radius 2 is 1.57 bits per heavy atom. The summed E-state index contributed by atoms with van der Waals surface area (Å²) in [7, 11) is 0. The van der Waals surface area contributed by atoms with Gasteiger partial charge in [0.25, 0.3) is 5.91 Å². The molecule has 1 atom stereocenters. The van der Waals surface area contributed by atoms with Gasteiger partial charge >= 0.3 is 0 Å². The Hall–Kier alpha value is -3.37.